The normalized spacial score (nSPS) is 11.4. The highest BCUT2D eigenvalue weighted by atomic mass is 79.9. The minimum atomic E-state index is -0.722. The molecule has 2 N–H and O–H groups in total. The summed E-state index contributed by atoms with van der Waals surface area (Å²) in [7, 11) is 0. The summed E-state index contributed by atoms with van der Waals surface area (Å²) in [6.45, 7) is 2.17. The van der Waals surface area contributed by atoms with E-state index >= 15 is 0 Å². The molecule has 0 bridgehead atoms. The second-order valence-electron chi connectivity index (χ2n) is 6.74. The van der Waals surface area contributed by atoms with Crippen LogP contribution in [0.5, 0.6) is 5.75 Å². The van der Waals surface area contributed by atoms with Crippen LogP contribution in [0.3, 0.4) is 0 Å². The Morgan fingerprint density at radius 3 is 2.33 bits per heavy atom. The van der Waals surface area contributed by atoms with Gasteiger partial charge in [0.1, 0.15) is 5.75 Å². The highest BCUT2D eigenvalue weighted by molar-refractivity contribution is 9.10. The Morgan fingerprint density at radius 2 is 1.60 bits per heavy atom. The van der Waals surface area contributed by atoms with Crippen LogP contribution in [-0.4, -0.2) is 24.5 Å². The SMILES string of the molecule is CC(Oc1ccc(Br)cc1)C(=O)Nc1ccccc1C(=O)NCCc1ccccc1. The second-order valence-corrected chi connectivity index (χ2v) is 7.66. The van der Waals surface area contributed by atoms with E-state index in [0.29, 0.717) is 23.5 Å². The Hall–Kier alpha value is -3.12. The van der Waals surface area contributed by atoms with Gasteiger partial charge in [-0.05, 0) is 55.3 Å². The third-order valence-corrected chi connectivity index (χ3v) is 5.00. The fourth-order valence-corrected chi connectivity index (χ4v) is 3.12. The third kappa shape index (κ3) is 6.19. The monoisotopic (exact) mass is 466 g/mol. The Labute approximate surface area is 184 Å². The van der Waals surface area contributed by atoms with Gasteiger partial charge in [0.15, 0.2) is 6.10 Å². The molecule has 0 aliphatic rings. The Bertz CT molecular complexity index is 991. The molecule has 154 valence electrons. The predicted molar refractivity (Wildman–Crippen MR) is 122 cm³/mol. The van der Waals surface area contributed by atoms with E-state index in [1.54, 1.807) is 43.3 Å². The molecular weight excluding hydrogens is 444 g/mol. The molecule has 0 saturated heterocycles. The van der Waals surface area contributed by atoms with E-state index in [9.17, 15) is 9.59 Å². The molecule has 3 rings (SSSR count). The molecule has 0 fully saturated rings. The molecule has 0 spiro atoms. The molecule has 5 nitrogen and oxygen atoms in total. The molecule has 1 unspecified atom stereocenters. The van der Waals surface area contributed by atoms with Crippen LogP contribution >= 0.6 is 15.9 Å². The van der Waals surface area contributed by atoms with Crippen molar-refractivity contribution in [2.75, 3.05) is 11.9 Å². The minimum absolute atomic E-state index is 0.233. The quantitative estimate of drug-likeness (QED) is 0.499. The van der Waals surface area contributed by atoms with E-state index in [-0.39, 0.29) is 11.8 Å². The maximum Gasteiger partial charge on any atom is 0.265 e. The average Bonchev–Trinajstić information content (AvgIpc) is 2.76. The number of hydrogen-bond acceptors (Lipinski definition) is 3. The van der Waals surface area contributed by atoms with Crippen molar-refractivity contribution in [1.82, 2.24) is 5.32 Å². The summed E-state index contributed by atoms with van der Waals surface area (Å²) in [4.78, 5) is 25.2. The average molecular weight is 467 g/mol. The molecule has 3 aromatic rings. The molecule has 0 aliphatic carbocycles. The van der Waals surface area contributed by atoms with Gasteiger partial charge in [0.2, 0.25) is 0 Å². The van der Waals surface area contributed by atoms with Crippen molar-refractivity contribution in [2.45, 2.75) is 19.4 Å². The number of hydrogen-bond donors (Lipinski definition) is 2. The fourth-order valence-electron chi connectivity index (χ4n) is 2.86. The minimum Gasteiger partial charge on any atom is -0.481 e. The van der Waals surface area contributed by atoms with Crippen molar-refractivity contribution in [1.29, 1.82) is 0 Å². The van der Waals surface area contributed by atoms with Gasteiger partial charge in [0, 0.05) is 11.0 Å². The van der Waals surface area contributed by atoms with Crippen LogP contribution in [0, 0.1) is 0 Å². The van der Waals surface area contributed by atoms with Crippen molar-refractivity contribution in [3.05, 3.63) is 94.5 Å². The van der Waals surface area contributed by atoms with Gasteiger partial charge < -0.3 is 15.4 Å². The standard InChI is InChI=1S/C24H23BrN2O3/c1-17(30-20-13-11-19(25)12-14-20)23(28)27-22-10-6-5-9-21(22)24(29)26-16-15-18-7-3-2-4-8-18/h2-14,17H,15-16H2,1H3,(H,26,29)(H,27,28). The van der Waals surface area contributed by atoms with E-state index in [4.69, 9.17) is 4.74 Å². The molecule has 0 heterocycles. The molecule has 2 amide bonds. The number of para-hydroxylation sites is 1. The van der Waals surface area contributed by atoms with Crippen molar-refractivity contribution in [2.24, 2.45) is 0 Å². The molecule has 3 aromatic carbocycles. The van der Waals surface area contributed by atoms with E-state index in [2.05, 4.69) is 26.6 Å². The first-order valence-electron chi connectivity index (χ1n) is 9.67. The zero-order valence-electron chi connectivity index (χ0n) is 16.6. The molecular formula is C24H23BrN2O3. The first kappa shape index (κ1) is 21.6. The number of ether oxygens (including phenoxy) is 1. The van der Waals surface area contributed by atoms with E-state index in [1.807, 2.05) is 42.5 Å². The second kappa shape index (κ2) is 10.6. The lowest BCUT2D eigenvalue weighted by atomic mass is 10.1. The summed E-state index contributed by atoms with van der Waals surface area (Å²) < 4.78 is 6.61. The first-order valence-corrected chi connectivity index (χ1v) is 10.5. The maximum atomic E-state index is 12.6. The number of benzene rings is 3. The summed E-state index contributed by atoms with van der Waals surface area (Å²) in [6.07, 6.45) is 0.0134. The Balaban J connectivity index is 1.58. The summed E-state index contributed by atoms with van der Waals surface area (Å²) in [5.41, 5.74) is 2.01. The largest absolute Gasteiger partial charge is 0.481 e. The van der Waals surface area contributed by atoms with Gasteiger partial charge in [0.05, 0.1) is 11.3 Å². The van der Waals surface area contributed by atoms with Crippen LogP contribution in [-0.2, 0) is 11.2 Å². The van der Waals surface area contributed by atoms with Crippen LogP contribution in [0.2, 0.25) is 0 Å². The lowest BCUT2D eigenvalue weighted by Crippen LogP contribution is -2.32. The molecule has 6 heteroatoms. The lowest BCUT2D eigenvalue weighted by Gasteiger charge is -2.16. The number of anilines is 1. The number of amides is 2. The number of nitrogens with one attached hydrogen (secondary N) is 2. The van der Waals surface area contributed by atoms with Gasteiger partial charge in [-0.1, -0.05) is 58.4 Å². The summed E-state index contributed by atoms with van der Waals surface area (Å²) in [5, 5.41) is 5.71. The molecule has 1 atom stereocenters. The Morgan fingerprint density at radius 1 is 0.933 bits per heavy atom. The molecule has 0 radical (unpaired) electrons. The van der Waals surface area contributed by atoms with Crippen molar-refractivity contribution in [3.63, 3.8) is 0 Å². The third-order valence-electron chi connectivity index (χ3n) is 4.47. The molecule has 0 aromatic heterocycles. The maximum absolute atomic E-state index is 12.6. The summed E-state index contributed by atoms with van der Waals surface area (Å²) in [6, 6.07) is 24.1. The smallest absolute Gasteiger partial charge is 0.265 e. The number of carbonyl (C=O) groups excluding carboxylic acids is 2. The van der Waals surface area contributed by atoms with Crippen molar-refractivity contribution >= 4 is 33.4 Å². The topological polar surface area (TPSA) is 67.4 Å². The van der Waals surface area contributed by atoms with Crippen LogP contribution in [0.25, 0.3) is 0 Å². The molecule has 0 saturated carbocycles. The van der Waals surface area contributed by atoms with Gasteiger partial charge in [-0.15, -0.1) is 0 Å². The zero-order chi connectivity index (χ0) is 21.3. The van der Waals surface area contributed by atoms with Gasteiger partial charge in [-0.3, -0.25) is 9.59 Å². The number of rotatable bonds is 8. The summed E-state index contributed by atoms with van der Waals surface area (Å²) >= 11 is 3.36. The van der Waals surface area contributed by atoms with Gasteiger partial charge in [-0.2, -0.15) is 0 Å². The number of carbonyl (C=O) groups is 2. The first-order chi connectivity index (χ1) is 14.5. The van der Waals surface area contributed by atoms with Crippen molar-refractivity contribution < 1.29 is 14.3 Å². The van der Waals surface area contributed by atoms with Crippen molar-refractivity contribution in [3.8, 4) is 5.75 Å². The lowest BCUT2D eigenvalue weighted by molar-refractivity contribution is -0.122. The van der Waals surface area contributed by atoms with Crippen LogP contribution in [0.15, 0.2) is 83.3 Å². The van der Waals surface area contributed by atoms with Crippen LogP contribution < -0.4 is 15.4 Å². The predicted octanol–water partition coefficient (Wildman–Crippen LogP) is 4.83. The number of halogens is 1. The van der Waals surface area contributed by atoms with E-state index in [1.165, 1.54) is 0 Å². The fraction of sp³-hybridized carbons (Fsp3) is 0.167. The van der Waals surface area contributed by atoms with E-state index < -0.39 is 6.10 Å². The Kier molecular flexibility index (Phi) is 7.63. The highest BCUT2D eigenvalue weighted by Crippen LogP contribution is 2.19. The van der Waals surface area contributed by atoms with Gasteiger partial charge in [-0.25, -0.2) is 0 Å². The molecule has 30 heavy (non-hydrogen) atoms. The highest BCUT2D eigenvalue weighted by Gasteiger charge is 2.18. The van der Waals surface area contributed by atoms with Crippen LogP contribution in [0.1, 0.15) is 22.8 Å². The van der Waals surface area contributed by atoms with Gasteiger partial charge in [0.25, 0.3) is 11.8 Å². The van der Waals surface area contributed by atoms with Gasteiger partial charge >= 0.3 is 0 Å². The summed E-state index contributed by atoms with van der Waals surface area (Å²) in [5.74, 6) is 0.0264. The van der Waals surface area contributed by atoms with Crippen LogP contribution in [0.4, 0.5) is 5.69 Å². The van der Waals surface area contributed by atoms with E-state index in [0.717, 1.165) is 16.5 Å². The molecule has 0 aliphatic heterocycles. The zero-order valence-corrected chi connectivity index (χ0v) is 18.2.